The number of nitrogens with one attached hydrogen (secondary N) is 2. The van der Waals surface area contributed by atoms with Crippen molar-refractivity contribution in [1.29, 1.82) is 0 Å². The lowest BCUT2D eigenvalue weighted by molar-refractivity contribution is -0.408. The molecule has 0 radical (unpaired) electrons. The Labute approximate surface area is 860 Å². The normalized spacial score (nSPS) is 44.2. The molecule has 3 unspecified atom stereocenters. The fourth-order valence-corrected chi connectivity index (χ4v) is 20.6. The molecule has 0 bridgehead atoms. The van der Waals surface area contributed by atoms with Crippen LogP contribution in [0.25, 0.3) is 0 Å². The summed E-state index contributed by atoms with van der Waals surface area (Å²) in [5.41, 5.74) is 5.04. The minimum Gasteiger partial charge on any atom is -0.756 e. The summed E-state index contributed by atoms with van der Waals surface area (Å²) in [6, 6.07) is -4.37. The Morgan fingerprint density at radius 3 is 0.953 bits per heavy atom. The van der Waals surface area contributed by atoms with E-state index >= 15 is 0 Å². The number of phosphoric ester groups is 2. The van der Waals surface area contributed by atoms with Crippen molar-refractivity contribution in [3.8, 4) is 0 Å². The van der Waals surface area contributed by atoms with Gasteiger partial charge in [-0.3, -0.25) is 23.2 Å². The largest absolute Gasteiger partial charge is 0.756 e. The van der Waals surface area contributed by atoms with Gasteiger partial charge in [-0.2, -0.15) is 0 Å². The molecule has 59 nitrogen and oxygen atoms in total. The van der Waals surface area contributed by atoms with Crippen LogP contribution < -0.4 is 20.4 Å². The number of carbonyl (C=O) groups is 2. The van der Waals surface area contributed by atoms with Gasteiger partial charge in [0, 0.05) is 13.8 Å². The fourth-order valence-electron chi connectivity index (χ4n) is 18.5. The number of amides is 2. The fraction of sp³-hybridized carbons (Fsp3) is 0.888. The third-order valence-electron chi connectivity index (χ3n) is 27.2. The molecule has 10 rings (SSSR count). The van der Waals surface area contributed by atoms with Crippen molar-refractivity contribution in [2.45, 2.75) is 420 Å². The van der Waals surface area contributed by atoms with E-state index in [4.69, 9.17) is 99.0 Å². The maximum atomic E-state index is 13.6. The number of phosphoric acid groups is 2. The van der Waals surface area contributed by atoms with Crippen LogP contribution in [0.5, 0.6) is 0 Å². The Hall–Kier alpha value is -3.76. The predicted molar refractivity (Wildman–Crippen MR) is 485 cm³/mol. The molecule has 10 aliphatic heterocycles. The molecule has 0 aromatic heterocycles. The standard InChI is InChI=1S/C89H152N2O57P2/c1-33(2)13-9-14-34(3)15-10-16-35(4)17-11-18-36(5)19-12-20-37(6)21-22-129-149(123,124)148-150(125,126)147-81-51(91-39(8)101)61(111)73(47(30-99)137-81)140-80-50(90-38(7)100)60(110)74(46(29-98)136-80)141-86-72(122)76(143-88-79(67(117)57(107)44(27-96)134-88)146-89-78(66(116)56(106)45(28-97)135-89)145-85-70(120)64(114)54(104)42(25-94)132-85)59(109)49(139-86)32-128-83-71(121)75(58(108)48(138-83)31-127-82-68(118)62(112)52(102)40(23-92)130-82)142-87-77(65(115)55(105)43(26-95)133-87)144-84-69(119)63(113)53(103)41(24-93)131-84/h13,15,17,19,37,40-89,92-99,102-122H,9-12,14,16,18,20-32H2,1-8H3,(H,90,100)(H,91,101)(H,123,124)(H,125,126)/p-2/b34-15+,35-17+,36-19-/t37?,40-,41-,42-,43-,44-,45-,46-,47-,48-,49-,50-,51-,52-,53-,54-,55-,56-,57-,58-,59-,60-,61-,62+,63+,64+,65+,66+,67+,68+,69+,70+,71+,72+,73-,74-,75+,76+,77+,78+,79+,80+,81-,82+,83+,84-,85-,86+,87-,88-,89-/m1/s1. The smallest absolute Gasteiger partial charge is 0.276 e. The van der Waals surface area contributed by atoms with E-state index in [1.165, 1.54) is 16.7 Å². The van der Waals surface area contributed by atoms with Crippen molar-refractivity contribution in [1.82, 2.24) is 10.6 Å². The van der Waals surface area contributed by atoms with Gasteiger partial charge in [-0.1, -0.05) is 53.5 Å². The van der Waals surface area contributed by atoms with E-state index in [0.29, 0.717) is 12.8 Å². The summed E-state index contributed by atoms with van der Waals surface area (Å²) in [6.07, 6.45) is -93.1. The van der Waals surface area contributed by atoms with Crippen LogP contribution in [0.15, 0.2) is 46.6 Å². The molecule has 870 valence electrons. The number of hydrogen-bond donors (Lipinski definition) is 31. The van der Waals surface area contributed by atoms with E-state index in [1.807, 2.05) is 6.92 Å². The lowest BCUT2D eigenvalue weighted by Crippen LogP contribution is -2.70. The number of hydrogen-bond acceptors (Lipinski definition) is 57. The minimum absolute atomic E-state index is 0.0840. The molecular formula is C89H150N2O57P2-2. The van der Waals surface area contributed by atoms with Crippen LogP contribution in [-0.2, 0) is 122 Å². The van der Waals surface area contributed by atoms with E-state index in [1.54, 1.807) is 6.92 Å². The van der Waals surface area contributed by atoms with Crippen LogP contribution in [0.1, 0.15) is 113 Å². The first kappa shape index (κ1) is 128. The lowest BCUT2D eigenvalue weighted by atomic mass is 9.94. The zero-order valence-corrected chi connectivity index (χ0v) is 85.0. The molecular weight excluding hydrogens is 2070 g/mol. The Bertz CT molecular complexity index is 4310. The molecule has 150 heavy (non-hydrogen) atoms. The average Bonchev–Trinajstić information content (AvgIpc) is 0.757. The van der Waals surface area contributed by atoms with Crippen LogP contribution in [0.4, 0.5) is 0 Å². The van der Waals surface area contributed by atoms with E-state index in [9.17, 15) is 177 Å². The number of aliphatic hydroxyl groups is 29. The monoisotopic (exact) mass is 2220 g/mol. The molecule has 10 saturated heterocycles. The van der Waals surface area contributed by atoms with Gasteiger partial charge in [0.15, 0.2) is 62.9 Å². The summed E-state index contributed by atoms with van der Waals surface area (Å²) in [7, 11) is -12.2. The van der Waals surface area contributed by atoms with Gasteiger partial charge in [0.1, 0.15) is 244 Å². The second-order valence-corrected chi connectivity index (χ2v) is 41.9. The Balaban J connectivity index is 0.923. The molecule has 10 heterocycles. The molecule has 61 heteroatoms. The van der Waals surface area contributed by atoms with Crippen LogP contribution in [0, 0.1) is 5.92 Å². The molecule has 2 amide bonds. The summed E-state index contributed by atoms with van der Waals surface area (Å²) in [5.74, 6) is -2.33. The summed E-state index contributed by atoms with van der Waals surface area (Å²) >= 11 is 0. The molecule has 0 aromatic carbocycles. The van der Waals surface area contributed by atoms with Crippen molar-refractivity contribution in [3.63, 3.8) is 0 Å². The number of allylic oxidation sites excluding steroid dienone is 8. The highest BCUT2D eigenvalue weighted by atomic mass is 31.3. The number of aliphatic hydroxyl groups excluding tert-OH is 29. The van der Waals surface area contributed by atoms with Gasteiger partial charge >= 0.3 is 0 Å². The van der Waals surface area contributed by atoms with Crippen LogP contribution >= 0.6 is 15.6 Å². The third kappa shape index (κ3) is 32.8. The molecule has 0 saturated carbocycles. The van der Waals surface area contributed by atoms with Gasteiger partial charge in [-0.25, -0.2) is 4.31 Å². The minimum atomic E-state index is -6.28. The molecule has 0 spiro atoms. The van der Waals surface area contributed by atoms with Crippen LogP contribution in [0.2, 0.25) is 0 Å². The summed E-state index contributed by atoms with van der Waals surface area (Å²) in [5, 5.41) is 331. The van der Waals surface area contributed by atoms with Crippen molar-refractivity contribution in [2.24, 2.45) is 5.92 Å². The van der Waals surface area contributed by atoms with Crippen LogP contribution in [-0.4, -0.2) is 540 Å². The third-order valence-corrected chi connectivity index (χ3v) is 29.8. The quantitative estimate of drug-likeness (QED) is 0.0199. The van der Waals surface area contributed by atoms with Gasteiger partial charge in [0.05, 0.1) is 72.7 Å². The zero-order valence-electron chi connectivity index (χ0n) is 83.2. The maximum Gasteiger partial charge on any atom is 0.276 e. The molecule has 0 aromatic rings. The first-order valence-corrected chi connectivity index (χ1v) is 52.1. The van der Waals surface area contributed by atoms with Gasteiger partial charge in [0.25, 0.3) is 15.6 Å². The highest BCUT2D eigenvalue weighted by molar-refractivity contribution is 7.59. The second-order valence-electron chi connectivity index (χ2n) is 39.0. The highest BCUT2D eigenvalue weighted by Gasteiger charge is 2.62. The maximum absolute atomic E-state index is 13.6. The number of ether oxygens (including phenoxy) is 19. The van der Waals surface area contributed by atoms with E-state index in [-0.39, 0.29) is 12.3 Å². The topological polar surface area (TPSA) is 928 Å². The average molecular weight is 2220 g/mol. The van der Waals surface area contributed by atoms with Gasteiger partial charge in [0.2, 0.25) is 11.8 Å². The number of rotatable bonds is 50. The Morgan fingerprint density at radius 2 is 0.573 bits per heavy atom. The molecule has 53 atom stereocenters. The first-order valence-electron chi connectivity index (χ1n) is 49.1. The van der Waals surface area contributed by atoms with Gasteiger partial charge < -0.3 is 263 Å². The SMILES string of the molecule is CC(=O)N[C@H]1[C@H](O[C@H]2[C@H](O)[C@@H](NC(C)=O)[C@@H](OP(=O)([O-])OP(=O)([O-])OCCC(C)CC/C=C(/C)CC/C=C(\C)CC/C=C(\C)CCC=C(C)C)O[C@@H]2CO)O[C@H](CO)[C@@H](O[C@@H]2O[C@H](CO[C@H]3O[C@H](CO[C@H]4O[C@H](CO)[C@@H](O)[C@H](O)[C@@H]4O)[C@@H](O)[C@H](O[C@H]4O[C@H](CO)[C@@H](O)[C@H](O)[C@@H]4O[C@H]4O[C@H](CO)[C@@H](O)[C@H](O)[C@@H]4O)[C@@H]3O)[C@@H](O)[C@H](O[C@H]3O[C@H](CO)[C@@H](O)[C@H](O)[C@@H]3O[C@H]3O[C@H](CO)[C@@H](O)[C@H](O)[C@@H]3O[C@H]3O[C@H](CO)[C@@H](O)[C@H](O)[C@@H]3O)[C@@H]2O)[C@@H]1O. The van der Waals surface area contributed by atoms with Crippen molar-refractivity contribution in [2.75, 3.05) is 72.7 Å². The van der Waals surface area contributed by atoms with E-state index in [0.717, 1.165) is 57.9 Å². The zero-order chi connectivity index (χ0) is 111. The second kappa shape index (κ2) is 58.5. The summed E-state index contributed by atoms with van der Waals surface area (Å²) in [6.45, 7) is 1.31. The van der Waals surface area contributed by atoms with Gasteiger partial charge in [-0.15, -0.1) is 0 Å². The van der Waals surface area contributed by atoms with E-state index < -0.39 is 407 Å². The van der Waals surface area contributed by atoms with Crippen molar-refractivity contribution < 1.29 is 280 Å². The Morgan fingerprint density at radius 1 is 0.293 bits per heavy atom. The first-order chi connectivity index (χ1) is 70.8. The molecule has 10 aliphatic rings. The highest BCUT2D eigenvalue weighted by Crippen LogP contribution is 2.57. The molecule has 0 aliphatic carbocycles. The summed E-state index contributed by atoms with van der Waals surface area (Å²) in [4.78, 5) is 53.2. The summed E-state index contributed by atoms with van der Waals surface area (Å²) < 4.78 is 153. The van der Waals surface area contributed by atoms with Crippen LogP contribution in [0.3, 0.4) is 0 Å². The lowest BCUT2D eigenvalue weighted by Gasteiger charge is -2.51. The van der Waals surface area contributed by atoms with Crippen molar-refractivity contribution in [3.05, 3.63) is 46.6 Å². The Kier molecular flexibility index (Phi) is 49.9. The number of carbonyl (C=O) groups excluding carboxylic acids is 2. The van der Waals surface area contributed by atoms with Crippen molar-refractivity contribution >= 4 is 27.5 Å². The van der Waals surface area contributed by atoms with E-state index in [2.05, 4.69) is 66.9 Å². The van der Waals surface area contributed by atoms with Gasteiger partial charge in [-0.05, 0) is 98.3 Å². The molecule has 31 N–H and O–H groups in total. The predicted octanol–water partition coefficient (Wildman–Crippen LogP) is -14.6. The molecule has 10 fully saturated rings.